The fourth-order valence-electron chi connectivity index (χ4n) is 2.92. The van der Waals surface area contributed by atoms with Gasteiger partial charge in [-0.3, -0.25) is 4.79 Å². The van der Waals surface area contributed by atoms with Crippen LogP contribution in [0.5, 0.6) is 0 Å². The molecule has 1 aromatic carbocycles. The average molecular weight is 380 g/mol. The molecular weight excluding hydrogens is 355 g/mol. The van der Waals surface area contributed by atoms with Crippen LogP contribution >= 0.6 is 0 Å². The second kappa shape index (κ2) is 8.47. The van der Waals surface area contributed by atoms with Crippen molar-refractivity contribution in [3.63, 3.8) is 0 Å². The van der Waals surface area contributed by atoms with Gasteiger partial charge in [0.25, 0.3) is 0 Å². The topological polar surface area (TPSA) is 93.7 Å². The zero-order chi connectivity index (χ0) is 20.2. The maximum atomic E-state index is 14.3. The van der Waals surface area contributed by atoms with E-state index in [1.807, 2.05) is 0 Å². The number of fused-ring (bicyclic) bond motifs is 1. The van der Waals surface area contributed by atoms with Crippen molar-refractivity contribution < 1.29 is 28.2 Å². The molecule has 1 aliphatic carbocycles. The largest absolute Gasteiger partial charge is 0.444 e. The minimum absolute atomic E-state index is 0.0777. The molecule has 0 radical (unpaired) electrons. The molecule has 7 nitrogen and oxygen atoms in total. The molecule has 0 bridgehead atoms. The third-order valence-electron chi connectivity index (χ3n) is 4.04. The molecule has 2 amide bonds. The van der Waals surface area contributed by atoms with Gasteiger partial charge in [-0.15, -0.1) is 0 Å². The van der Waals surface area contributed by atoms with E-state index in [1.165, 1.54) is 13.2 Å². The molecule has 148 valence electrons. The first kappa shape index (κ1) is 20.8. The molecule has 2 N–H and O–H groups in total. The van der Waals surface area contributed by atoms with E-state index < -0.39 is 29.5 Å². The maximum absolute atomic E-state index is 14.3. The molecule has 0 aliphatic heterocycles. The van der Waals surface area contributed by atoms with Crippen molar-refractivity contribution in [2.45, 2.75) is 45.3 Å². The van der Waals surface area contributed by atoms with Crippen LogP contribution in [0.3, 0.4) is 0 Å². The van der Waals surface area contributed by atoms with Gasteiger partial charge in [-0.1, -0.05) is 0 Å². The molecule has 0 saturated heterocycles. The highest BCUT2D eigenvalue weighted by Gasteiger charge is 2.27. The second-order valence-electron chi connectivity index (χ2n) is 7.54. The van der Waals surface area contributed by atoms with Crippen LogP contribution in [-0.2, 0) is 31.9 Å². The van der Waals surface area contributed by atoms with Gasteiger partial charge in [0.2, 0.25) is 5.91 Å². The van der Waals surface area contributed by atoms with E-state index in [0.717, 1.165) is 6.29 Å². The van der Waals surface area contributed by atoms with E-state index >= 15 is 0 Å². The van der Waals surface area contributed by atoms with Gasteiger partial charge in [0, 0.05) is 18.7 Å². The molecule has 2 unspecified atom stereocenters. The number of hydrogen-bond acceptors (Lipinski definition) is 5. The highest BCUT2D eigenvalue weighted by Crippen LogP contribution is 2.30. The maximum Gasteiger partial charge on any atom is 0.408 e. The molecule has 0 fully saturated rings. The number of ether oxygens (including phenoxy) is 2. The summed E-state index contributed by atoms with van der Waals surface area (Å²) in [7, 11) is 1.39. The van der Waals surface area contributed by atoms with Crippen LogP contribution < -0.4 is 10.6 Å². The molecule has 2 atom stereocenters. The fourth-order valence-corrected chi connectivity index (χ4v) is 2.92. The molecule has 8 heteroatoms. The Labute approximate surface area is 157 Å². The molecule has 1 aromatic rings. The Morgan fingerprint density at radius 3 is 2.63 bits per heavy atom. The minimum Gasteiger partial charge on any atom is -0.444 e. The summed E-state index contributed by atoms with van der Waals surface area (Å²) in [6.45, 7) is 5.04. The Morgan fingerprint density at radius 2 is 2.04 bits per heavy atom. The number of rotatable bonds is 6. The van der Waals surface area contributed by atoms with Gasteiger partial charge in [0.1, 0.15) is 23.7 Å². The van der Waals surface area contributed by atoms with Crippen molar-refractivity contribution in [3.8, 4) is 0 Å². The molecular formula is C19H25FN2O5. The number of methoxy groups -OCH3 is 1. The van der Waals surface area contributed by atoms with Crippen LogP contribution in [0.1, 0.15) is 31.9 Å². The van der Waals surface area contributed by atoms with Crippen LogP contribution in [0.25, 0.3) is 0 Å². The van der Waals surface area contributed by atoms with Crippen LogP contribution in [0.2, 0.25) is 0 Å². The van der Waals surface area contributed by atoms with E-state index in [9.17, 15) is 18.8 Å². The van der Waals surface area contributed by atoms with Gasteiger partial charge < -0.3 is 24.9 Å². The number of aldehydes is 1. The van der Waals surface area contributed by atoms with Crippen LogP contribution in [0.4, 0.5) is 14.9 Å². The Hall–Kier alpha value is -2.48. The summed E-state index contributed by atoms with van der Waals surface area (Å²) in [6, 6.07) is 1.85. The summed E-state index contributed by atoms with van der Waals surface area (Å²) in [5.74, 6) is -1.27. The average Bonchev–Trinajstić information content (AvgIpc) is 2.96. The zero-order valence-corrected chi connectivity index (χ0v) is 15.9. The van der Waals surface area contributed by atoms with Gasteiger partial charge in [0.05, 0.1) is 6.61 Å². The summed E-state index contributed by atoms with van der Waals surface area (Å²) >= 11 is 0. The van der Waals surface area contributed by atoms with Crippen molar-refractivity contribution in [1.82, 2.24) is 5.32 Å². The first-order valence-corrected chi connectivity index (χ1v) is 8.69. The quantitative estimate of drug-likeness (QED) is 0.738. The molecule has 0 spiro atoms. The van der Waals surface area contributed by atoms with Crippen molar-refractivity contribution in [2.75, 3.05) is 19.0 Å². The lowest BCUT2D eigenvalue weighted by Crippen LogP contribution is -2.48. The Morgan fingerprint density at radius 1 is 1.33 bits per heavy atom. The molecule has 0 heterocycles. The fraction of sp³-hybridized carbons (Fsp3) is 0.526. The summed E-state index contributed by atoms with van der Waals surface area (Å²) < 4.78 is 24.4. The molecule has 27 heavy (non-hydrogen) atoms. The molecule has 0 saturated carbocycles. The Bertz CT molecular complexity index is 730. The van der Waals surface area contributed by atoms with Crippen molar-refractivity contribution in [2.24, 2.45) is 5.92 Å². The minimum atomic E-state index is -1.01. The van der Waals surface area contributed by atoms with Crippen LogP contribution in [-0.4, -0.2) is 43.6 Å². The number of anilines is 1. The number of carbonyl (C=O) groups is 3. The number of alkyl carbamates (subject to hydrolysis) is 1. The van der Waals surface area contributed by atoms with Crippen molar-refractivity contribution >= 4 is 24.0 Å². The van der Waals surface area contributed by atoms with E-state index in [0.29, 0.717) is 24.0 Å². The third kappa shape index (κ3) is 5.75. The van der Waals surface area contributed by atoms with Gasteiger partial charge in [-0.25, -0.2) is 9.18 Å². The summed E-state index contributed by atoms with van der Waals surface area (Å²) in [6.07, 6.45) is 0.869. The number of carbonyl (C=O) groups excluding carboxylic acids is 3. The summed E-state index contributed by atoms with van der Waals surface area (Å²) in [4.78, 5) is 35.4. The smallest absolute Gasteiger partial charge is 0.408 e. The van der Waals surface area contributed by atoms with E-state index in [4.69, 9.17) is 9.47 Å². The van der Waals surface area contributed by atoms with Crippen LogP contribution in [0, 0.1) is 11.7 Å². The monoisotopic (exact) mass is 380 g/mol. The number of benzene rings is 1. The lowest BCUT2D eigenvalue weighted by molar-refractivity contribution is -0.119. The van der Waals surface area contributed by atoms with E-state index in [-0.39, 0.29) is 18.2 Å². The number of halogens is 1. The van der Waals surface area contributed by atoms with Gasteiger partial charge in [0.15, 0.2) is 0 Å². The van der Waals surface area contributed by atoms with Gasteiger partial charge in [-0.2, -0.15) is 0 Å². The third-order valence-corrected chi connectivity index (χ3v) is 4.04. The number of nitrogens with one attached hydrogen (secondary N) is 2. The summed E-state index contributed by atoms with van der Waals surface area (Å²) in [5.41, 5.74) is 0.752. The van der Waals surface area contributed by atoms with E-state index in [2.05, 4.69) is 10.6 Å². The van der Waals surface area contributed by atoms with Crippen LogP contribution in [0.15, 0.2) is 12.1 Å². The zero-order valence-electron chi connectivity index (χ0n) is 15.9. The van der Waals surface area contributed by atoms with Crippen molar-refractivity contribution in [3.05, 3.63) is 29.1 Å². The second-order valence-corrected chi connectivity index (χ2v) is 7.54. The Balaban J connectivity index is 2.08. The lowest BCUT2D eigenvalue weighted by atomic mass is 10.1. The highest BCUT2D eigenvalue weighted by molar-refractivity contribution is 5.96. The lowest BCUT2D eigenvalue weighted by Gasteiger charge is -2.23. The SMILES string of the molecule is COCC(NC(=O)OC(C)(C)C)C(=O)Nc1cc(F)c2c(c1)CC(C=O)C2. The molecule has 1 aliphatic rings. The predicted octanol–water partition coefficient (Wildman–Crippen LogP) is 2.22. The predicted molar refractivity (Wildman–Crippen MR) is 97.0 cm³/mol. The van der Waals surface area contributed by atoms with E-state index in [1.54, 1.807) is 26.8 Å². The first-order chi connectivity index (χ1) is 12.6. The first-order valence-electron chi connectivity index (χ1n) is 8.69. The van der Waals surface area contributed by atoms with Gasteiger partial charge in [-0.05, 0) is 56.9 Å². The van der Waals surface area contributed by atoms with Crippen molar-refractivity contribution in [1.29, 1.82) is 0 Å². The van der Waals surface area contributed by atoms with Gasteiger partial charge >= 0.3 is 6.09 Å². The normalized spacial score (nSPS) is 17.0. The Kier molecular flexibility index (Phi) is 6.54. The molecule has 2 rings (SSSR count). The highest BCUT2D eigenvalue weighted by atomic mass is 19.1. The number of amides is 2. The number of hydrogen-bond donors (Lipinski definition) is 2. The summed E-state index contributed by atoms with van der Waals surface area (Å²) in [5, 5.41) is 5.02. The molecule has 0 aromatic heterocycles. The standard InChI is InChI=1S/C19H25FN2O5/c1-19(2,3)27-18(25)22-16(10-26-4)17(24)21-13-7-12-5-11(9-23)6-14(12)15(20)8-13/h7-9,11,16H,5-6,10H2,1-4H3,(H,21,24)(H,22,25).